The van der Waals surface area contributed by atoms with Gasteiger partial charge in [0.2, 0.25) is 5.89 Å². The monoisotopic (exact) mass is 264 g/mol. The maximum absolute atomic E-state index is 13.5. The lowest BCUT2D eigenvalue weighted by molar-refractivity contribution is 0.411. The van der Waals surface area contributed by atoms with Gasteiger partial charge in [0.15, 0.2) is 5.82 Å². The Morgan fingerprint density at radius 2 is 2.11 bits per heavy atom. The van der Waals surface area contributed by atoms with Crippen molar-refractivity contribution >= 4 is 0 Å². The highest BCUT2D eigenvalue weighted by Crippen LogP contribution is 2.20. The first-order valence-electron chi connectivity index (χ1n) is 6.13. The van der Waals surface area contributed by atoms with Gasteiger partial charge in [-0.2, -0.15) is 0 Å². The smallest absolute Gasteiger partial charge is 0.250 e. The first-order valence-corrected chi connectivity index (χ1v) is 6.13. The van der Waals surface area contributed by atoms with Crippen LogP contribution in [0.15, 0.2) is 22.9 Å². The number of halogens is 1. The van der Waals surface area contributed by atoms with E-state index in [-0.39, 0.29) is 17.0 Å². The predicted octanol–water partition coefficient (Wildman–Crippen LogP) is 2.20. The zero-order valence-corrected chi connectivity index (χ0v) is 11.3. The lowest BCUT2D eigenvalue weighted by atomic mass is 10.1. The van der Waals surface area contributed by atoms with E-state index in [2.05, 4.69) is 41.3 Å². The van der Waals surface area contributed by atoms with Crippen LogP contribution in [0.25, 0.3) is 11.5 Å². The Morgan fingerprint density at radius 3 is 2.79 bits per heavy atom. The highest BCUT2D eigenvalue weighted by molar-refractivity contribution is 5.51. The third-order valence-electron chi connectivity index (χ3n) is 2.46. The van der Waals surface area contributed by atoms with Crippen LogP contribution in [0.1, 0.15) is 26.7 Å². The molecular weight excluding hydrogens is 247 g/mol. The van der Waals surface area contributed by atoms with Crippen LogP contribution in [0.5, 0.6) is 0 Å². The highest BCUT2D eigenvalue weighted by atomic mass is 19.1. The molecule has 2 heterocycles. The van der Waals surface area contributed by atoms with E-state index in [0.717, 1.165) is 12.7 Å². The van der Waals surface area contributed by atoms with Gasteiger partial charge in [0.1, 0.15) is 0 Å². The van der Waals surface area contributed by atoms with Gasteiger partial charge >= 0.3 is 0 Å². The second-order valence-corrected chi connectivity index (χ2v) is 5.28. The van der Waals surface area contributed by atoms with Crippen LogP contribution in [-0.2, 0) is 6.42 Å². The molecule has 0 saturated carbocycles. The van der Waals surface area contributed by atoms with Crippen molar-refractivity contribution in [3.8, 4) is 11.5 Å². The lowest BCUT2D eigenvalue weighted by Crippen LogP contribution is -2.37. The molecule has 0 amide bonds. The number of pyridine rings is 1. The van der Waals surface area contributed by atoms with E-state index in [4.69, 9.17) is 4.42 Å². The van der Waals surface area contributed by atoms with Gasteiger partial charge in [-0.05, 0) is 26.8 Å². The zero-order valence-electron chi connectivity index (χ0n) is 11.3. The van der Waals surface area contributed by atoms with Crippen LogP contribution in [0.3, 0.4) is 0 Å². The fourth-order valence-corrected chi connectivity index (χ4v) is 1.56. The first kappa shape index (κ1) is 13.6. The van der Waals surface area contributed by atoms with Crippen LogP contribution in [0, 0.1) is 5.82 Å². The van der Waals surface area contributed by atoms with Gasteiger partial charge in [-0.15, -0.1) is 10.2 Å². The normalized spacial score (nSPS) is 11.8. The van der Waals surface area contributed by atoms with Gasteiger partial charge in [-0.1, -0.05) is 0 Å². The third-order valence-corrected chi connectivity index (χ3v) is 2.46. The van der Waals surface area contributed by atoms with Gasteiger partial charge in [0.05, 0.1) is 11.8 Å². The number of hydrogen-bond acceptors (Lipinski definition) is 5. The number of nitrogens with one attached hydrogen (secondary N) is 1. The van der Waals surface area contributed by atoms with Crippen molar-refractivity contribution in [3.63, 3.8) is 0 Å². The SMILES string of the molecule is CC(C)(C)NCCc1nnc(-c2ccncc2F)o1. The molecule has 6 heteroatoms. The summed E-state index contributed by atoms with van der Waals surface area (Å²) in [6.07, 6.45) is 3.22. The summed E-state index contributed by atoms with van der Waals surface area (Å²) < 4.78 is 18.9. The third kappa shape index (κ3) is 3.82. The van der Waals surface area contributed by atoms with E-state index in [1.165, 1.54) is 12.3 Å². The first-order chi connectivity index (χ1) is 8.96. The van der Waals surface area contributed by atoms with Gasteiger partial charge in [-0.3, -0.25) is 4.98 Å². The van der Waals surface area contributed by atoms with Gasteiger partial charge in [0, 0.05) is 24.7 Å². The van der Waals surface area contributed by atoms with Crippen LogP contribution < -0.4 is 5.32 Å². The molecule has 0 aromatic carbocycles. The Balaban J connectivity index is 2.02. The minimum absolute atomic E-state index is 0.0417. The lowest BCUT2D eigenvalue weighted by Gasteiger charge is -2.19. The average Bonchev–Trinajstić information content (AvgIpc) is 2.76. The topological polar surface area (TPSA) is 63.8 Å². The molecule has 0 fully saturated rings. The number of hydrogen-bond donors (Lipinski definition) is 1. The Bertz CT molecular complexity index is 548. The highest BCUT2D eigenvalue weighted by Gasteiger charge is 2.13. The van der Waals surface area contributed by atoms with Crippen molar-refractivity contribution in [3.05, 3.63) is 30.2 Å². The molecule has 5 nitrogen and oxygen atoms in total. The molecule has 2 aromatic rings. The van der Waals surface area contributed by atoms with Gasteiger partial charge in [-0.25, -0.2) is 4.39 Å². The second kappa shape index (κ2) is 5.44. The molecule has 19 heavy (non-hydrogen) atoms. The largest absolute Gasteiger partial charge is 0.421 e. The van der Waals surface area contributed by atoms with Gasteiger partial charge < -0.3 is 9.73 Å². The molecule has 0 aliphatic heterocycles. The molecule has 0 atom stereocenters. The van der Waals surface area contributed by atoms with Crippen LogP contribution >= 0.6 is 0 Å². The molecule has 1 N–H and O–H groups in total. The number of aromatic nitrogens is 3. The van der Waals surface area contributed by atoms with Crippen molar-refractivity contribution in [2.24, 2.45) is 0 Å². The quantitative estimate of drug-likeness (QED) is 0.917. The Kier molecular flexibility index (Phi) is 3.90. The summed E-state index contributed by atoms with van der Waals surface area (Å²) in [5.41, 5.74) is 0.317. The molecule has 0 saturated heterocycles. The van der Waals surface area contributed by atoms with E-state index < -0.39 is 5.82 Å². The molecule has 0 spiro atoms. The molecule has 0 unspecified atom stereocenters. The van der Waals surface area contributed by atoms with E-state index >= 15 is 0 Å². The van der Waals surface area contributed by atoms with Crippen LogP contribution in [0.4, 0.5) is 4.39 Å². The molecule has 0 aliphatic carbocycles. The summed E-state index contributed by atoms with van der Waals surface area (Å²) in [5, 5.41) is 11.1. The fourth-order valence-electron chi connectivity index (χ4n) is 1.56. The molecular formula is C13H17FN4O. The van der Waals surface area contributed by atoms with E-state index in [1.807, 2.05) is 0 Å². The Labute approximate surface area is 111 Å². The Morgan fingerprint density at radius 1 is 1.32 bits per heavy atom. The molecule has 2 rings (SSSR count). The summed E-state index contributed by atoms with van der Waals surface area (Å²) in [6, 6.07) is 1.51. The summed E-state index contributed by atoms with van der Waals surface area (Å²) in [4.78, 5) is 3.68. The number of rotatable bonds is 4. The van der Waals surface area contributed by atoms with Crippen molar-refractivity contribution in [1.82, 2.24) is 20.5 Å². The molecule has 2 aromatic heterocycles. The van der Waals surface area contributed by atoms with Crippen molar-refractivity contribution in [1.29, 1.82) is 0 Å². The molecule has 0 radical (unpaired) electrons. The second-order valence-electron chi connectivity index (χ2n) is 5.28. The van der Waals surface area contributed by atoms with Crippen LogP contribution in [0.2, 0.25) is 0 Å². The van der Waals surface area contributed by atoms with E-state index in [1.54, 1.807) is 0 Å². The minimum atomic E-state index is -0.467. The molecule has 0 bridgehead atoms. The summed E-state index contributed by atoms with van der Waals surface area (Å²) in [6.45, 7) is 6.97. The summed E-state index contributed by atoms with van der Waals surface area (Å²) in [5.74, 6) is 0.208. The Hall–Kier alpha value is -1.82. The zero-order chi connectivity index (χ0) is 13.9. The summed E-state index contributed by atoms with van der Waals surface area (Å²) >= 11 is 0. The van der Waals surface area contributed by atoms with Crippen molar-refractivity contribution in [2.75, 3.05) is 6.54 Å². The predicted molar refractivity (Wildman–Crippen MR) is 68.9 cm³/mol. The molecule has 102 valence electrons. The van der Waals surface area contributed by atoms with E-state index in [9.17, 15) is 4.39 Å². The van der Waals surface area contributed by atoms with Crippen molar-refractivity contribution in [2.45, 2.75) is 32.7 Å². The average molecular weight is 264 g/mol. The van der Waals surface area contributed by atoms with Crippen molar-refractivity contribution < 1.29 is 8.81 Å². The van der Waals surface area contributed by atoms with Gasteiger partial charge in [0.25, 0.3) is 5.89 Å². The molecule has 0 aliphatic rings. The minimum Gasteiger partial charge on any atom is -0.421 e. The number of nitrogens with zero attached hydrogens (tertiary/aromatic N) is 3. The standard InChI is InChI=1S/C13H17FN4O/c1-13(2,3)16-7-5-11-17-18-12(19-11)9-4-6-15-8-10(9)14/h4,6,8,16H,5,7H2,1-3H3. The fraction of sp³-hybridized carbons (Fsp3) is 0.462. The summed E-state index contributed by atoms with van der Waals surface area (Å²) in [7, 11) is 0. The van der Waals surface area contributed by atoms with E-state index in [0.29, 0.717) is 12.3 Å². The van der Waals surface area contributed by atoms with Crippen LogP contribution in [-0.4, -0.2) is 27.3 Å². The maximum Gasteiger partial charge on any atom is 0.250 e. The maximum atomic E-state index is 13.5.